The number of nitrogens with one attached hydrogen (secondary N) is 1. The molecule has 7 nitrogen and oxygen atoms in total. The number of likely N-dealkylation sites (tertiary alicyclic amines) is 1. The monoisotopic (exact) mass is 523 g/mol. The summed E-state index contributed by atoms with van der Waals surface area (Å²) in [6.45, 7) is 4.55. The molecule has 0 bridgehead atoms. The first-order valence-corrected chi connectivity index (χ1v) is 13.7. The summed E-state index contributed by atoms with van der Waals surface area (Å²) in [7, 11) is 0. The Labute approximate surface area is 223 Å². The second-order valence-corrected chi connectivity index (χ2v) is 10.9. The number of imide groups is 1. The van der Waals surface area contributed by atoms with Gasteiger partial charge in [-0.15, -0.1) is 0 Å². The van der Waals surface area contributed by atoms with Crippen LogP contribution in [0.25, 0.3) is 0 Å². The first-order valence-electron chi connectivity index (χ1n) is 13.3. The van der Waals surface area contributed by atoms with Crippen LogP contribution in [0.4, 0.5) is 0 Å². The van der Waals surface area contributed by atoms with Crippen molar-refractivity contribution >= 4 is 29.3 Å². The van der Waals surface area contributed by atoms with Gasteiger partial charge in [0.05, 0.1) is 5.02 Å². The van der Waals surface area contributed by atoms with Gasteiger partial charge in [-0.1, -0.05) is 60.7 Å². The Morgan fingerprint density at radius 3 is 2.46 bits per heavy atom. The van der Waals surface area contributed by atoms with Crippen LogP contribution in [-0.2, 0) is 16.1 Å². The third-order valence-corrected chi connectivity index (χ3v) is 8.09. The second-order valence-electron chi connectivity index (χ2n) is 10.5. The molecule has 1 aliphatic carbocycles. The highest BCUT2D eigenvalue weighted by Gasteiger charge is 2.39. The van der Waals surface area contributed by atoms with Crippen molar-refractivity contribution < 1.29 is 19.1 Å². The Bertz CT molecular complexity index is 1170. The number of aryl methyl sites for hydroxylation is 1. The number of piperidine rings is 1. The number of ether oxygens (including phenoxy) is 1. The van der Waals surface area contributed by atoms with Crippen LogP contribution in [0.15, 0.2) is 42.5 Å². The highest BCUT2D eigenvalue weighted by molar-refractivity contribution is 6.32. The van der Waals surface area contributed by atoms with Gasteiger partial charge < -0.3 is 9.64 Å². The molecule has 4 aliphatic rings. The van der Waals surface area contributed by atoms with Gasteiger partial charge in [0.15, 0.2) is 0 Å². The number of para-hydroxylation sites is 1. The molecule has 2 aromatic rings. The maximum Gasteiger partial charge on any atom is 0.255 e. The maximum absolute atomic E-state index is 12.3. The molecule has 0 aromatic heterocycles. The van der Waals surface area contributed by atoms with E-state index in [2.05, 4.69) is 10.2 Å². The van der Waals surface area contributed by atoms with Crippen molar-refractivity contribution in [1.29, 1.82) is 0 Å². The Morgan fingerprint density at radius 1 is 0.973 bits per heavy atom. The fourth-order valence-electron chi connectivity index (χ4n) is 5.71. The molecular weight excluding hydrogens is 490 g/mol. The van der Waals surface area contributed by atoms with E-state index >= 15 is 0 Å². The van der Waals surface area contributed by atoms with Crippen molar-refractivity contribution in [2.75, 3.05) is 13.1 Å². The minimum atomic E-state index is -0.530. The van der Waals surface area contributed by atoms with Crippen molar-refractivity contribution in [2.45, 2.75) is 76.6 Å². The number of carbonyl (C=O) groups excluding carboxylic acids is 3. The minimum Gasteiger partial charge on any atom is -0.486 e. The van der Waals surface area contributed by atoms with E-state index in [0.717, 1.165) is 36.0 Å². The summed E-state index contributed by atoms with van der Waals surface area (Å²) in [5, 5.41) is 3.01. The Kier molecular flexibility index (Phi) is 7.81. The van der Waals surface area contributed by atoms with E-state index in [4.69, 9.17) is 16.3 Å². The van der Waals surface area contributed by atoms with Gasteiger partial charge in [-0.3, -0.25) is 24.6 Å². The number of rotatable bonds is 4. The molecular formula is C29H34ClN3O4. The van der Waals surface area contributed by atoms with Crippen LogP contribution in [0.2, 0.25) is 5.02 Å². The summed E-state index contributed by atoms with van der Waals surface area (Å²) < 4.78 is 5.93. The van der Waals surface area contributed by atoms with E-state index in [-0.39, 0.29) is 24.1 Å². The van der Waals surface area contributed by atoms with Gasteiger partial charge >= 0.3 is 0 Å². The molecule has 3 amide bonds. The van der Waals surface area contributed by atoms with E-state index in [1.807, 2.05) is 43.3 Å². The molecule has 2 aromatic carbocycles. The molecule has 1 N–H and O–H groups in total. The largest absolute Gasteiger partial charge is 0.486 e. The lowest BCUT2D eigenvalue weighted by molar-refractivity contribution is -0.136. The van der Waals surface area contributed by atoms with Gasteiger partial charge in [0, 0.05) is 37.7 Å². The summed E-state index contributed by atoms with van der Waals surface area (Å²) in [5.74, 6) is 0.0762. The molecule has 8 heteroatoms. The van der Waals surface area contributed by atoms with Gasteiger partial charge in [-0.05, 0) is 49.9 Å². The average molecular weight is 524 g/mol. The zero-order valence-corrected chi connectivity index (χ0v) is 22.0. The van der Waals surface area contributed by atoms with Crippen molar-refractivity contribution in [2.24, 2.45) is 0 Å². The number of carbonyl (C=O) groups is 3. The molecule has 37 heavy (non-hydrogen) atoms. The number of hydrogen-bond donors (Lipinski definition) is 1. The third kappa shape index (κ3) is 5.83. The van der Waals surface area contributed by atoms with E-state index in [1.165, 1.54) is 32.1 Å². The predicted octanol–water partition coefficient (Wildman–Crippen LogP) is 4.49. The molecule has 3 heterocycles. The molecule has 1 atom stereocenters. The van der Waals surface area contributed by atoms with Crippen LogP contribution in [0, 0.1) is 6.92 Å². The lowest BCUT2D eigenvalue weighted by atomic mass is 9.92. The highest BCUT2D eigenvalue weighted by atomic mass is 35.5. The zero-order valence-electron chi connectivity index (χ0n) is 21.2. The van der Waals surface area contributed by atoms with Crippen molar-refractivity contribution in [3.63, 3.8) is 0 Å². The van der Waals surface area contributed by atoms with E-state index < -0.39 is 6.04 Å². The van der Waals surface area contributed by atoms with Gasteiger partial charge in [0.2, 0.25) is 11.8 Å². The van der Waals surface area contributed by atoms with Gasteiger partial charge in [-0.2, -0.15) is 0 Å². The molecule has 1 saturated carbocycles. The van der Waals surface area contributed by atoms with Crippen molar-refractivity contribution in [3.8, 4) is 5.75 Å². The Balaban J connectivity index is 0.000000152. The number of fused-ring (bicyclic) bond motifs is 1. The molecule has 0 radical (unpaired) electrons. The van der Waals surface area contributed by atoms with E-state index in [1.54, 1.807) is 11.0 Å². The molecule has 3 aliphatic heterocycles. The van der Waals surface area contributed by atoms with Gasteiger partial charge in [-0.25, -0.2) is 0 Å². The Hall–Kier alpha value is -2.90. The number of halogens is 1. The highest BCUT2D eigenvalue weighted by Crippen LogP contribution is 2.31. The summed E-state index contributed by atoms with van der Waals surface area (Å²) in [6, 6.07) is 13.7. The van der Waals surface area contributed by atoms with Crippen LogP contribution in [0.5, 0.6) is 5.75 Å². The first-order chi connectivity index (χ1) is 17.9. The molecule has 0 spiro atoms. The SMILES string of the molecule is Cc1ccc2c(c1)CN(C1CCC(=O)NC1=O)C2=O.Clc1ccccc1OC1CN(C2CCCCC2)C1. The van der Waals surface area contributed by atoms with E-state index in [0.29, 0.717) is 29.7 Å². The fraction of sp³-hybridized carbons (Fsp3) is 0.483. The normalized spacial score (nSPS) is 22.6. The van der Waals surface area contributed by atoms with Crippen LogP contribution in [0.1, 0.15) is 66.4 Å². The molecule has 1 unspecified atom stereocenters. The minimum absolute atomic E-state index is 0.121. The van der Waals surface area contributed by atoms with Gasteiger partial charge in [0.1, 0.15) is 17.9 Å². The van der Waals surface area contributed by atoms with Crippen LogP contribution >= 0.6 is 11.6 Å². The number of benzene rings is 2. The standard InChI is InChI=1S/C15H20ClNO.C14H14N2O3/c16-14-8-4-5-9-15(14)18-13-10-17(11-13)12-6-2-1-3-7-12;1-8-2-3-10-9(6-8)7-16(14(10)19)11-4-5-12(17)15-13(11)18/h4-5,8-9,12-13H,1-3,6-7,10-11H2;2-3,6,11H,4-5,7H2,1H3,(H,15,17,18). The fourth-order valence-corrected chi connectivity index (χ4v) is 5.89. The molecule has 2 saturated heterocycles. The lowest BCUT2D eigenvalue weighted by Gasteiger charge is -2.45. The second kappa shape index (κ2) is 11.2. The Morgan fingerprint density at radius 2 is 1.73 bits per heavy atom. The molecule has 196 valence electrons. The van der Waals surface area contributed by atoms with Crippen LogP contribution in [-0.4, -0.2) is 58.8 Å². The molecule has 3 fully saturated rings. The summed E-state index contributed by atoms with van der Waals surface area (Å²) >= 11 is 6.10. The first kappa shape index (κ1) is 25.7. The maximum atomic E-state index is 12.3. The number of amides is 3. The third-order valence-electron chi connectivity index (χ3n) is 7.78. The number of hydrogen-bond acceptors (Lipinski definition) is 5. The summed E-state index contributed by atoms with van der Waals surface area (Å²) in [5.41, 5.74) is 2.71. The topological polar surface area (TPSA) is 79.0 Å². The smallest absolute Gasteiger partial charge is 0.255 e. The summed E-state index contributed by atoms with van der Waals surface area (Å²) in [4.78, 5) is 39.4. The van der Waals surface area contributed by atoms with Crippen molar-refractivity contribution in [1.82, 2.24) is 15.1 Å². The van der Waals surface area contributed by atoms with Crippen molar-refractivity contribution in [3.05, 3.63) is 64.2 Å². The zero-order chi connectivity index (χ0) is 25.9. The van der Waals surface area contributed by atoms with Crippen LogP contribution < -0.4 is 10.1 Å². The quantitative estimate of drug-likeness (QED) is 0.597. The summed E-state index contributed by atoms with van der Waals surface area (Å²) in [6.07, 6.45) is 7.99. The average Bonchev–Trinajstić information content (AvgIpc) is 3.18. The lowest BCUT2D eigenvalue weighted by Crippen LogP contribution is -2.58. The van der Waals surface area contributed by atoms with Gasteiger partial charge in [0.25, 0.3) is 5.91 Å². The molecule has 6 rings (SSSR count). The van der Waals surface area contributed by atoms with Crippen LogP contribution in [0.3, 0.4) is 0 Å². The number of nitrogens with zero attached hydrogens (tertiary/aromatic N) is 2. The predicted molar refractivity (Wildman–Crippen MR) is 142 cm³/mol. The van der Waals surface area contributed by atoms with E-state index in [9.17, 15) is 14.4 Å².